The number of amides is 1. The normalized spacial score (nSPS) is 15.6. The van der Waals surface area contributed by atoms with Crippen molar-refractivity contribution in [3.05, 3.63) is 50.7 Å². The molecule has 2 heterocycles. The fourth-order valence-corrected chi connectivity index (χ4v) is 3.05. The largest absolute Gasteiger partial charge is 0.378 e. The van der Waals surface area contributed by atoms with Crippen LogP contribution in [-0.4, -0.2) is 42.2 Å². The van der Waals surface area contributed by atoms with E-state index in [1.165, 1.54) is 6.20 Å². The number of hydrogen-bond donors (Lipinski definition) is 1. The number of rotatable bonds is 4. The summed E-state index contributed by atoms with van der Waals surface area (Å²) >= 11 is 18.1. The predicted octanol–water partition coefficient (Wildman–Crippen LogP) is 3.76. The van der Waals surface area contributed by atoms with Gasteiger partial charge in [0.15, 0.2) is 5.69 Å². The topological polar surface area (TPSA) is 67.4 Å². The Labute approximate surface area is 166 Å². The average molecular weight is 416 g/mol. The number of halogens is 3. The molecule has 1 amide bonds. The van der Waals surface area contributed by atoms with Gasteiger partial charge in [-0.25, -0.2) is 9.97 Å². The van der Waals surface area contributed by atoms with Gasteiger partial charge >= 0.3 is 0 Å². The standard InChI is InChI=1S/C17H17Cl3N4O2/c1-10(11-2-3-12(18)13(19)8-11)22-16(25)15-14(20)9-21-17(23-15)24-4-6-26-7-5-24/h2-3,8-10H,4-7H2,1H3,(H,22,25)/t10-/m0/s1. The van der Waals surface area contributed by atoms with E-state index in [4.69, 9.17) is 39.5 Å². The van der Waals surface area contributed by atoms with Gasteiger partial charge in [0, 0.05) is 13.1 Å². The molecule has 0 unspecified atom stereocenters. The molecule has 6 nitrogen and oxygen atoms in total. The highest BCUT2D eigenvalue weighted by Crippen LogP contribution is 2.26. The molecular weight excluding hydrogens is 399 g/mol. The summed E-state index contributed by atoms with van der Waals surface area (Å²) < 4.78 is 5.32. The molecule has 0 aliphatic carbocycles. The minimum absolute atomic E-state index is 0.134. The summed E-state index contributed by atoms with van der Waals surface area (Å²) in [6, 6.07) is 4.92. The van der Waals surface area contributed by atoms with Crippen LogP contribution in [-0.2, 0) is 4.74 Å². The molecular formula is C17H17Cl3N4O2. The first-order chi connectivity index (χ1) is 12.5. The van der Waals surface area contributed by atoms with Crippen molar-refractivity contribution in [3.63, 3.8) is 0 Å². The molecule has 0 bridgehead atoms. The molecule has 26 heavy (non-hydrogen) atoms. The highest BCUT2D eigenvalue weighted by atomic mass is 35.5. The van der Waals surface area contributed by atoms with E-state index in [0.29, 0.717) is 42.3 Å². The summed E-state index contributed by atoms with van der Waals surface area (Å²) in [5, 5.41) is 3.96. The number of nitrogens with zero attached hydrogens (tertiary/aromatic N) is 3. The van der Waals surface area contributed by atoms with E-state index >= 15 is 0 Å². The number of morpholine rings is 1. The molecule has 1 aromatic carbocycles. The summed E-state index contributed by atoms with van der Waals surface area (Å²) in [4.78, 5) is 23.2. The highest BCUT2D eigenvalue weighted by Gasteiger charge is 2.20. The zero-order valence-corrected chi connectivity index (χ0v) is 16.3. The van der Waals surface area contributed by atoms with Gasteiger partial charge in [-0.05, 0) is 24.6 Å². The van der Waals surface area contributed by atoms with Gasteiger partial charge in [0.05, 0.1) is 40.5 Å². The van der Waals surface area contributed by atoms with Crippen molar-refractivity contribution in [2.24, 2.45) is 0 Å². The van der Waals surface area contributed by atoms with Crippen LogP contribution in [0.15, 0.2) is 24.4 Å². The zero-order valence-electron chi connectivity index (χ0n) is 14.0. The minimum Gasteiger partial charge on any atom is -0.378 e. The van der Waals surface area contributed by atoms with Crippen LogP contribution >= 0.6 is 34.8 Å². The Kier molecular flexibility index (Phi) is 6.19. The number of aromatic nitrogens is 2. The molecule has 0 spiro atoms. The number of hydrogen-bond acceptors (Lipinski definition) is 5. The van der Waals surface area contributed by atoms with Crippen molar-refractivity contribution < 1.29 is 9.53 Å². The Morgan fingerprint density at radius 3 is 2.62 bits per heavy atom. The summed E-state index contributed by atoms with van der Waals surface area (Å²) in [7, 11) is 0. The second-order valence-corrected chi connectivity index (χ2v) is 7.06. The van der Waals surface area contributed by atoms with Crippen LogP contribution in [0.4, 0.5) is 5.95 Å². The molecule has 1 saturated heterocycles. The maximum Gasteiger partial charge on any atom is 0.272 e. The molecule has 2 aromatic rings. The van der Waals surface area contributed by atoms with Gasteiger partial charge < -0.3 is 15.0 Å². The SMILES string of the molecule is C[C@H](NC(=O)c1nc(N2CCOCC2)ncc1Cl)c1ccc(Cl)c(Cl)c1. The highest BCUT2D eigenvalue weighted by molar-refractivity contribution is 6.42. The number of anilines is 1. The summed E-state index contributed by atoms with van der Waals surface area (Å²) in [5.74, 6) is 0.0792. The first kappa shape index (κ1) is 19.2. The first-order valence-electron chi connectivity index (χ1n) is 8.06. The predicted molar refractivity (Wildman–Crippen MR) is 102 cm³/mol. The van der Waals surface area contributed by atoms with Gasteiger partial charge in [0.2, 0.25) is 5.95 Å². The van der Waals surface area contributed by atoms with E-state index in [-0.39, 0.29) is 22.7 Å². The molecule has 9 heteroatoms. The van der Waals surface area contributed by atoms with E-state index < -0.39 is 0 Å². The van der Waals surface area contributed by atoms with Crippen LogP contribution in [0, 0.1) is 0 Å². The van der Waals surface area contributed by atoms with Crippen LogP contribution in [0.1, 0.15) is 29.0 Å². The third-order valence-electron chi connectivity index (χ3n) is 4.03. The van der Waals surface area contributed by atoms with Gasteiger partial charge in [0.25, 0.3) is 5.91 Å². The summed E-state index contributed by atoms with van der Waals surface area (Å²) in [6.07, 6.45) is 1.44. The van der Waals surface area contributed by atoms with E-state index in [9.17, 15) is 4.79 Å². The second-order valence-electron chi connectivity index (χ2n) is 5.83. The molecule has 138 valence electrons. The summed E-state index contributed by atoms with van der Waals surface area (Å²) in [6.45, 7) is 4.38. The van der Waals surface area contributed by atoms with Crippen molar-refractivity contribution in [2.75, 3.05) is 31.2 Å². The quantitative estimate of drug-likeness (QED) is 0.823. The van der Waals surface area contributed by atoms with Crippen LogP contribution in [0.25, 0.3) is 0 Å². The molecule has 1 aliphatic heterocycles. The van der Waals surface area contributed by atoms with Gasteiger partial charge in [0.1, 0.15) is 0 Å². The molecule has 0 saturated carbocycles. The van der Waals surface area contributed by atoms with E-state index in [1.807, 2.05) is 11.8 Å². The zero-order chi connectivity index (χ0) is 18.7. The lowest BCUT2D eigenvalue weighted by molar-refractivity contribution is 0.0934. The summed E-state index contributed by atoms with van der Waals surface area (Å²) in [5.41, 5.74) is 0.960. The van der Waals surface area contributed by atoms with Crippen molar-refractivity contribution in [1.82, 2.24) is 15.3 Å². The fourth-order valence-electron chi connectivity index (χ4n) is 2.56. The Morgan fingerprint density at radius 1 is 1.19 bits per heavy atom. The Bertz CT molecular complexity index is 813. The van der Waals surface area contributed by atoms with Crippen molar-refractivity contribution in [3.8, 4) is 0 Å². The van der Waals surface area contributed by atoms with E-state index in [0.717, 1.165) is 5.56 Å². The number of nitrogens with one attached hydrogen (secondary N) is 1. The van der Waals surface area contributed by atoms with Gasteiger partial charge in [-0.2, -0.15) is 0 Å². The molecule has 1 N–H and O–H groups in total. The van der Waals surface area contributed by atoms with E-state index in [1.54, 1.807) is 18.2 Å². The lowest BCUT2D eigenvalue weighted by Gasteiger charge is -2.27. The van der Waals surface area contributed by atoms with Crippen LogP contribution < -0.4 is 10.2 Å². The number of benzene rings is 1. The monoisotopic (exact) mass is 414 g/mol. The molecule has 3 rings (SSSR count). The Morgan fingerprint density at radius 2 is 1.92 bits per heavy atom. The van der Waals surface area contributed by atoms with Crippen LogP contribution in [0.5, 0.6) is 0 Å². The Balaban J connectivity index is 1.77. The molecule has 0 radical (unpaired) electrons. The third-order valence-corrected chi connectivity index (χ3v) is 5.05. The third kappa shape index (κ3) is 4.38. The lowest BCUT2D eigenvalue weighted by Crippen LogP contribution is -2.38. The molecule has 1 aliphatic rings. The van der Waals surface area contributed by atoms with Crippen molar-refractivity contribution in [2.45, 2.75) is 13.0 Å². The van der Waals surface area contributed by atoms with Crippen molar-refractivity contribution >= 4 is 46.7 Å². The minimum atomic E-state index is -0.384. The lowest BCUT2D eigenvalue weighted by atomic mass is 10.1. The second kappa shape index (κ2) is 8.39. The van der Waals surface area contributed by atoms with Gasteiger partial charge in [-0.1, -0.05) is 40.9 Å². The fraction of sp³-hybridized carbons (Fsp3) is 0.353. The number of carbonyl (C=O) groups excluding carboxylic acids is 1. The number of ether oxygens (including phenoxy) is 1. The number of carbonyl (C=O) groups is 1. The van der Waals surface area contributed by atoms with E-state index in [2.05, 4.69) is 15.3 Å². The maximum atomic E-state index is 12.6. The van der Waals surface area contributed by atoms with Gasteiger partial charge in [-0.3, -0.25) is 4.79 Å². The average Bonchev–Trinajstić information content (AvgIpc) is 2.65. The Hall–Kier alpha value is -1.60. The van der Waals surface area contributed by atoms with Crippen molar-refractivity contribution in [1.29, 1.82) is 0 Å². The first-order valence-corrected chi connectivity index (χ1v) is 9.20. The molecule has 1 fully saturated rings. The van der Waals surface area contributed by atoms with Gasteiger partial charge in [-0.15, -0.1) is 0 Å². The van der Waals surface area contributed by atoms with Crippen LogP contribution in [0.3, 0.4) is 0 Å². The molecule has 1 aromatic heterocycles. The molecule has 1 atom stereocenters. The van der Waals surface area contributed by atoms with Crippen LogP contribution in [0.2, 0.25) is 15.1 Å². The smallest absolute Gasteiger partial charge is 0.272 e. The maximum absolute atomic E-state index is 12.6.